The molecule has 0 aliphatic heterocycles. The van der Waals surface area contributed by atoms with E-state index in [-0.39, 0.29) is 10.6 Å². The van der Waals surface area contributed by atoms with E-state index >= 15 is 0 Å². The van der Waals surface area contributed by atoms with Crippen molar-refractivity contribution in [3.05, 3.63) is 75.3 Å². The van der Waals surface area contributed by atoms with E-state index in [1.54, 1.807) is 18.3 Å². The van der Waals surface area contributed by atoms with Gasteiger partial charge >= 0.3 is 0 Å². The van der Waals surface area contributed by atoms with Gasteiger partial charge in [-0.15, -0.1) is 11.3 Å². The molecule has 8 heteroatoms. The number of nitro benzene ring substituents is 1. The highest BCUT2D eigenvalue weighted by Crippen LogP contribution is 2.35. The average Bonchev–Trinajstić information content (AvgIpc) is 3.02. The molecule has 0 spiro atoms. The number of hydrazone groups is 1. The van der Waals surface area contributed by atoms with Crippen LogP contribution in [0.25, 0.3) is 0 Å². The Bertz CT molecular complexity index is 910. The molecule has 6 nitrogen and oxygen atoms in total. The van der Waals surface area contributed by atoms with Crippen molar-refractivity contribution in [3.63, 3.8) is 0 Å². The summed E-state index contributed by atoms with van der Waals surface area (Å²) in [7, 11) is 0. The van der Waals surface area contributed by atoms with Gasteiger partial charge in [0.15, 0.2) is 0 Å². The predicted molar refractivity (Wildman–Crippen MR) is 102 cm³/mol. The number of rotatable bonds is 6. The lowest BCUT2D eigenvalue weighted by atomic mass is 10.2. The number of hydrogen-bond donors (Lipinski definition) is 1. The zero-order valence-corrected chi connectivity index (χ0v) is 14.9. The molecule has 1 aromatic heterocycles. The molecule has 3 aromatic rings. The van der Waals surface area contributed by atoms with Crippen LogP contribution in [-0.4, -0.2) is 16.1 Å². The smallest absolute Gasteiger partial charge is 0.258 e. The van der Waals surface area contributed by atoms with E-state index in [9.17, 15) is 10.1 Å². The molecule has 1 heterocycles. The van der Waals surface area contributed by atoms with E-state index in [0.717, 1.165) is 10.6 Å². The quantitative estimate of drug-likeness (QED) is 0.377. The fourth-order valence-corrected chi connectivity index (χ4v) is 3.58. The maximum Gasteiger partial charge on any atom is 0.283 e. The second kappa shape index (κ2) is 7.91. The molecule has 126 valence electrons. The summed E-state index contributed by atoms with van der Waals surface area (Å²) in [4.78, 5) is 16.8. The van der Waals surface area contributed by atoms with Gasteiger partial charge in [0.25, 0.3) is 5.69 Å². The molecule has 3 rings (SSSR count). The first kappa shape index (κ1) is 17.1. The lowest BCUT2D eigenvalue weighted by Gasteiger charge is -2.04. The average molecular weight is 370 g/mol. The van der Waals surface area contributed by atoms with Crippen LogP contribution in [0.3, 0.4) is 0 Å². The van der Waals surface area contributed by atoms with Crippen LogP contribution < -0.4 is 5.43 Å². The molecule has 0 atom stereocenters. The van der Waals surface area contributed by atoms with E-state index in [1.807, 2.05) is 42.6 Å². The summed E-state index contributed by atoms with van der Waals surface area (Å²) >= 11 is 2.81. The van der Waals surface area contributed by atoms with Crippen LogP contribution >= 0.6 is 23.1 Å². The zero-order chi connectivity index (χ0) is 17.6. The van der Waals surface area contributed by atoms with Gasteiger partial charge in [-0.2, -0.15) is 5.10 Å². The number of nitro groups is 1. The molecule has 0 saturated carbocycles. The monoisotopic (exact) mass is 370 g/mol. The Hall–Kier alpha value is -2.71. The molecule has 0 radical (unpaired) electrons. The number of thiazole rings is 1. The van der Waals surface area contributed by atoms with Gasteiger partial charge in [0, 0.05) is 21.9 Å². The van der Waals surface area contributed by atoms with Gasteiger partial charge in [-0.05, 0) is 25.1 Å². The van der Waals surface area contributed by atoms with Gasteiger partial charge in [0.2, 0.25) is 5.13 Å². The molecule has 1 N–H and O–H groups in total. The van der Waals surface area contributed by atoms with Crippen molar-refractivity contribution in [1.29, 1.82) is 0 Å². The van der Waals surface area contributed by atoms with E-state index in [1.165, 1.54) is 29.2 Å². The lowest BCUT2D eigenvalue weighted by Crippen LogP contribution is -1.95. The number of nitrogens with one attached hydrogen (secondary N) is 1. The van der Waals surface area contributed by atoms with E-state index in [0.29, 0.717) is 15.6 Å². The Balaban J connectivity index is 1.77. The maximum atomic E-state index is 11.4. The van der Waals surface area contributed by atoms with Crippen LogP contribution in [0, 0.1) is 17.0 Å². The molecule has 0 unspecified atom stereocenters. The molecule has 0 fully saturated rings. The molecule has 0 bridgehead atoms. The summed E-state index contributed by atoms with van der Waals surface area (Å²) in [5.74, 6) is 0. The minimum Gasteiger partial charge on any atom is -0.258 e. The Labute approximate surface area is 152 Å². The van der Waals surface area contributed by atoms with Crippen molar-refractivity contribution in [3.8, 4) is 0 Å². The summed E-state index contributed by atoms with van der Waals surface area (Å²) in [6.07, 6.45) is 1.54. The number of aromatic nitrogens is 1. The van der Waals surface area contributed by atoms with Gasteiger partial charge < -0.3 is 0 Å². The first-order valence-electron chi connectivity index (χ1n) is 7.34. The fourth-order valence-electron chi connectivity index (χ4n) is 2.03. The number of benzene rings is 2. The lowest BCUT2D eigenvalue weighted by molar-refractivity contribution is -0.387. The number of nitrogens with zero attached hydrogens (tertiary/aromatic N) is 3. The van der Waals surface area contributed by atoms with Gasteiger partial charge in [-0.3, -0.25) is 15.5 Å². The fraction of sp³-hybridized carbons (Fsp3) is 0.0588. The zero-order valence-electron chi connectivity index (χ0n) is 13.2. The topological polar surface area (TPSA) is 80.4 Å². The summed E-state index contributed by atoms with van der Waals surface area (Å²) in [5.41, 5.74) is 4.44. The van der Waals surface area contributed by atoms with Crippen molar-refractivity contribution in [1.82, 2.24) is 4.98 Å². The first-order valence-corrected chi connectivity index (χ1v) is 9.04. The minimum atomic E-state index is -0.375. The molecule has 0 amide bonds. The van der Waals surface area contributed by atoms with E-state index in [4.69, 9.17) is 0 Å². The minimum absolute atomic E-state index is 0.0582. The highest BCUT2D eigenvalue weighted by atomic mass is 32.2. The molecule has 0 aliphatic carbocycles. The predicted octanol–water partition coefficient (Wildman–Crippen LogP) is 4.96. The number of aryl methyl sites for hydroxylation is 1. The van der Waals surface area contributed by atoms with Gasteiger partial charge in [0.1, 0.15) is 0 Å². The summed E-state index contributed by atoms with van der Waals surface area (Å²) in [6, 6.07) is 14.6. The van der Waals surface area contributed by atoms with Crippen molar-refractivity contribution < 1.29 is 4.92 Å². The Morgan fingerprint density at radius 2 is 2.08 bits per heavy atom. The third-order valence-corrected chi connectivity index (χ3v) is 5.08. The van der Waals surface area contributed by atoms with Gasteiger partial charge in [-0.25, -0.2) is 4.98 Å². The van der Waals surface area contributed by atoms with Crippen molar-refractivity contribution >= 4 is 40.1 Å². The van der Waals surface area contributed by atoms with Crippen LogP contribution in [0.4, 0.5) is 10.8 Å². The SMILES string of the molecule is Cc1csc(NN=Cc2ccc(Sc3ccccc3)c([N+](=O)[O-])c2)n1. The number of anilines is 1. The molecule has 0 aliphatic rings. The van der Waals surface area contributed by atoms with Gasteiger partial charge in [0.05, 0.1) is 21.7 Å². The summed E-state index contributed by atoms with van der Waals surface area (Å²) < 4.78 is 0. The highest BCUT2D eigenvalue weighted by molar-refractivity contribution is 7.99. The number of hydrogen-bond acceptors (Lipinski definition) is 7. The van der Waals surface area contributed by atoms with Crippen LogP contribution in [0.15, 0.2) is 68.8 Å². The molecular formula is C17H14N4O2S2. The largest absolute Gasteiger partial charge is 0.283 e. The Morgan fingerprint density at radius 1 is 1.28 bits per heavy atom. The second-order valence-electron chi connectivity index (χ2n) is 5.06. The molecule has 2 aromatic carbocycles. The van der Waals surface area contributed by atoms with Crippen LogP contribution in [0.2, 0.25) is 0 Å². The first-order chi connectivity index (χ1) is 12.1. The Kier molecular flexibility index (Phi) is 5.42. The molecule has 0 saturated heterocycles. The van der Waals surface area contributed by atoms with E-state index in [2.05, 4.69) is 15.5 Å². The van der Waals surface area contributed by atoms with Gasteiger partial charge in [-0.1, -0.05) is 36.0 Å². The normalized spacial score (nSPS) is 10.9. The van der Waals surface area contributed by atoms with Crippen LogP contribution in [0.5, 0.6) is 0 Å². The summed E-state index contributed by atoms with van der Waals surface area (Å²) in [5, 5.41) is 18.1. The maximum absolute atomic E-state index is 11.4. The Morgan fingerprint density at radius 3 is 2.76 bits per heavy atom. The third-order valence-electron chi connectivity index (χ3n) is 3.14. The van der Waals surface area contributed by atoms with Crippen LogP contribution in [0.1, 0.15) is 11.3 Å². The standard InChI is InChI=1S/C17H14N4O2S2/c1-12-11-24-17(19-12)20-18-10-13-7-8-16(15(9-13)21(22)23)25-14-5-3-2-4-6-14/h2-11H,1H3,(H,19,20). The molecular weight excluding hydrogens is 356 g/mol. The van der Waals surface area contributed by atoms with Crippen molar-refractivity contribution in [2.45, 2.75) is 16.7 Å². The second-order valence-corrected chi connectivity index (χ2v) is 7.04. The third kappa shape index (κ3) is 4.65. The van der Waals surface area contributed by atoms with Crippen LogP contribution in [-0.2, 0) is 0 Å². The van der Waals surface area contributed by atoms with Crippen molar-refractivity contribution in [2.24, 2.45) is 5.10 Å². The summed E-state index contributed by atoms with van der Waals surface area (Å²) in [6.45, 7) is 1.90. The van der Waals surface area contributed by atoms with E-state index < -0.39 is 0 Å². The van der Waals surface area contributed by atoms with Crippen molar-refractivity contribution in [2.75, 3.05) is 5.43 Å². The highest BCUT2D eigenvalue weighted by Gasteiger charge is 2.15. The molecule has 25 heavy (non-hydrogen) atoms.